The zero-order valence-electron chi connectivity index (χ0n) is 14.6. The fraction of sp³-hybridized carbons (Fsp3) is 0.625. The van der Waals surface area contributed by atoms with Crippen LogP contribution in [0, 0.1) is 19.8 Å². The summed E-state index contributed by atoms with van der Waals surface area (Å²) in [6.07, 6.45) is 4.87. The Balaban J connectivity index is 1.74. The zero-order chi connectivity index (χ0) is 17.5. The van der Waals surface area contributed by atoms with Gasteiger partial charge < -0.3 is 4.90 Å². The third-order valence-corrected chi connectivity index (χ3v) is 7.34. The lowest BCUT2D eigenvalue weighted by Gasteiger charge is -2.34. The second-order valence-corrected chi connectivity index (χ2v) is 9.93. The van der Waals surface area contributed by atoms with Crippen LogP contribution in [-0.4, -0.2) is 55.6 Å². The summed E-state index contributed by atoms with van der Waals surface area (Å²) >= 11 is 1.72. The third-order valence-electron chi connectivity index (χ3n) is 4.94. The number of hydrogen-bond donors (Lipinski definition) is 0. The Bertz CT molecular complexity index is 839. The van der Waals surface area contributed by atoms with Crippen LogP contribution in [0.1, 0.15) is 23.3 Å². The largest absolute Gasteiger partial charge is 0.356 e. The Morgan fingerprint density at radius 2 is 1.96 bits per heavy atom. The molecule has 1 fully saturated rings. The first-order valence-corrected chi connectivity index (χ1v) is 10.8. The van der Waals surface area contributed by atoms with Crippen molar-refractivity contribution in [2.45, 2.75) is 26.7 Å². The van der Waals surface area contributed by atoms with E-state index in [1.54, 1.807) is 24.7 Å². The fourth-order valence-corrected chi connectivity index (χ4v) is 4.70. The van der Waals surface area contributed by atoms with Crippen molar-refractivity contribution in [2.75, 3.05) is 37.8 Å². The summed E-state index contributed by atoms with van der Waals surface area (Å²) in [6.45, 7) is 6.67. The number of nitrogens with zero attached hydrogens (tertiary/aromatic N) is 4. The first-order valence-electron chi connectivity index (χ1n) is 8.14. The van der Waals surface area contributed by atoms with Gasteiger partial charge in [0, 0.05) is 31.6 Å². The number of aromatic nitrogens is 2. The van der Waals surface area contributed by atoms with Crippen molar-refractivity contribution >= 4 is 37.4 Å². The SMILES string of the molecule is Cc1sc2ncnc(N3CCC(CN(C)S(C)(=O)=O)CC3)c2c1C. The highest BCUT2D eigenvalue weighted by Crippen LogP contribution is 2.35. The molecular weight excluding hydrogens is 344 g/mol. The highest BCUT2D eigenvalue weighted by atomic mass is 32.2. The number of piperidine rings is 1. The molecule has 0 unspecified atom stereocenters. The molecule has 1 saturated heterocycles. The van der Waals surface area contributed by atoms with Gasteiger partial charge in [-0.3, -0.25) is 0 Å². The molecule has 8 heteroatoms. The van der Waals surface area contributed by atoms with Gasteiger partial charge >= 0.3 is 0 Å². The molecule has 3 heterocycles. The molecule has 0 aliphatic carbocycles. The molecule has 2 aromatic rings. The van der Waals surface area contributed by atoms with E-state index in [2.05, 4.69) is 28.7 Å². The number of rotatable bonds is 4. The second-order valence-electron chi connectivity index (χ2n) is 6.63. The second kappa shape index (κ2) is 6.57. The van der Waals surface area contributed by atoms with Crippen molar-refractivity contribution in [3.63, 3.8) is 0 Å². The van der Waals surface area contributed by atoms with E-state index in [0.29, 0.717) is 12.5 Å². The van der Waals surface area contributed by atoms with E-state index in [-0.39, 0.29) is 0 Å². The van der Waals surface area contributed by atoms with Gasteiger partial charge in [0.2, 0.25) is 10.0 Å². The molecule has 0 saturated carbocycles. The average Bonchev–Trinajstić information content (AvgIpc) is 2.82. The van der Waals surface area contributed by atoms with Gasteiger partial charge in [0.1, 0.15) is 17.0 Å². The van der Waals surface area contributed by atoms with Gasteiger partial charge in [-0.25, -0.2) is 22.7 Å². The maximum Gasteiger partial charge on any atom is 0.210 e. The maximum atomic E-state index is 11.6. The number of fused-ring (bicyclic) bond motifs is 1. The molecule has 132 valence electrons. The summed E-state index contributed by atoms with van der Waals surface area (Å²) in [4.78, 5) is 13.6. The Hall–Kier alpha value is -1.25. The van der Waals surface area contributed by atoms with Crippen molar-refractivity contribution in [2.24, 2.45) is 5.92 Å². The molecular formula is C16H24N4O2S2. The Morgan fingerprint density at radius 1 is 1.29 bits per heavy atom. The summed E-state index contributed by atoms with van der Waals surface area (Å²) in [5, 5.41) is 1.17. The molecule has 0 bridgehead atoms. The third kappa shape index (κ3) is 3.41. The molecule has 1 aliphatic heterocycles. The summed E-state index contributed by atoms with van der Waals surface area (Å²) in [5.41, 5.74) is 1.27. The van der Waals surface area contributed by atoms with E-state index in [1.807, 2.05) is 0 Å². The first kappa shape index (κ1) is 17.6. The van der Waals surface area contributed by atoms with Crippen molar-refractivity contribution < 1.29 is 8.42 Å². The van der Waals surface area contributed by atoms with Crippen molar-refractivity contribution in [3.05, 3.63) is 16.8 Å². The van der Waals surface area contributed by atoms with Gasteiger partial charge in [0.15, 0.2) is 0 Å². The monoisotopic (exact) mass is 368 g/mol. The molecule has 3 rings (SSSR count). The van der Waals surface area contributed by atoms with Crippen LogP contribution in [0.5, 0.6) is 0 Å². The maximum absolute atomic E-state index is 11.6. The minimum atomic E-state index is -3.10. The van der Waals surface area contributed by atoms with Crippen LogP contribution in [0.15, 0.2) is 6.33 Å². The quantitative estimate of drug-likeness (QED) is 0.829. The molecule has 6 nitrogen and oxygen atoms in total. The standard InChI is InChI=1S/C16H24N4O2S2/c1-11-12(2)23-16-14(11)15(17-10-18-16)20-7-5-13(6-8-20)9-19(3)24(4,21)22/h10,13H,5-9H2,1-4H3. The minimum absolute atomic E-state index is 0.406. The predicted molar refractivity (Wildman–Crippen MR) is 99.3 cm³/mol. The van der Waals surface area contributed by atoms with Gasteiger partial charge in [-0.05, 0) is 38.2 Å². The molecule has 0 spiro atoms. The van der Waals surface area contributed by atoms with E-state index < -0.39 is 10.0 Å². The molecule has 2 aromatic heterocycles. The Morgan fingerprint density at radius 3 is 2.58 bits per heavy atom. The predicted octanol–water partition coefficient (Wildman–Crippen LogP) is 2.42. The number of hydrogen-bond acceptors (Lipinski definition) is 6. The van der Waals surface area contributed by atoms with Crippen LogP contribution in [0.3, 0.4) is 0 Å². The van der Waals surface area contributed by atoms with Gasteiger partial charge in [0.05, 0.1) is 11.6 Å². The average molecular weight is 369 g/mol. The number of aryl methyl sites for hydroxylation is 2. The number of sulfonamides is 1. The van der Waals surface area contributed by atoms with Crippen LogP contribution >= 0.6 is 11.3 Å². The zero-order valence-corrected chi connectivity index (χ0v) is 16.2. The van der Waals surface area contributed by atoms with E-state index in [4.69, 9.17) is 0 Å². The number of anilines is 1. The lowest BCUT2D eigenvalue weighted by molar-refractivity contribution is 0.329. The molecule has 0 radical (unpaired) electrons. The highest BCUT2D eigenvalue weighted by molar-refractivity contribution is 7.88. The van der Waals surface area contributed by atoms with Gasteiger partial charge in [-0.15, -0.1) is 11.3 Å². The van der Waals surface area contributed by atoms with Crippen LogP contribution in [0.25, 0.3) is 10.2 Å². The minimum Gasteiger partial charge on any atom is -0.356 e. The summed E-state index contributed by atoms with van der Waals surface area (Å²) in [6, 6.07) is 0. The van der Waals surface area contributed by atoms with Gasteiger partial charge in [0.25, 0.3) is 0 Å². The van der Waals surface area contributed by atoms with E-state index in [1.165, 1.54) is 26.4 Å². The Kier molecular flexibility index (Phi) is 4.81. The smallest absolute Gasteiger partial charge is 0.210 e. The van der Waals surface area contributed by atoms with Crippen LogP contribution in [-0.2, 0) is 10.0 Å². The summed E-state index contributed by atoms with van der Waals surface area (Å²) in [5.74, 6) is 1.43. The topological polar surface area (TPSA) is 66.4 Å². The van der Waals surface area contributed by atoms with E-state index in [9.17, 15) is 8.42 Å². The molecule has 24 heavy (non-hydrogen) atoms. The van der Waals surface area contributed by atoms with E-state index >= 15 is 0 Å². The summed E-state index contributed by atoms with van der Waals surface area (Å²) < 4.78 is 24.6. The lowest BCUT2D eigenvalue weighted by atomic mass is 9.96. The Labute approximate surface area is 147 Å². The van der Waals surface area contributed by atoms with Crippen LogP contribution < -0.4 is 4.90 Å². The lowest BCUT2D eigenvalue weighted by Crippen LogP contribution is -2.39. The molecule has 0 amide bonds. The first-order chi connectivity index (χ1) is 11.3. The number of thiophene rings is 1. The van der Waals surface area contributed by atoms with Crippen LogP contribution in [0.4, 0.5) is 5.82 Å². The van der Waals surface area contributed by atoms with Crippen molar-refractivity contribution in [1.29, 1.82) is 0 Å². The van der Waals surface area contributed by atoms with Gasteiger partial charge in [-0.2, -0.15) is 0 Å². The molecule has 0 aromatic carbocycles. The fourth-order valence-electron chi connectivity index (χ4n) is 3.23. The highest BCUT2D eigenvalue weighted by Gasteiger charge is 2.25. The molecule has 0 atom stereocenters. The molecule has 1 aliphatic rings. The summed E-state index contributed by atoms with van der Waals surface area (Å²) in [7, 11) is -1.44. The van der Waals surface area contributed by atoms with Crippen molar-refractivity contribution in [1.82, 2.24) is 14.3 Å². The van der Waals surface area contributed by atoms with E-state index in [0.717, 1.165) is 36.6 Å². The normalized spacial score (nSPS) is 17.1. The van der Waals surface area contributed by atoms with Gasteiger partial charge in [-0.1, -0.05) is 0 Å². The van der Waals surface area contributed by atoms with Crippen molar-refractivity contribution in [3.8, 4) is 0 Å². The molecule has 0 N–H and O–H groups in total. The van der Waals surface area contributed by atoms with Crippen LogP contribution in [0.2, 0.25) is 0 Å².